The van der Waals surface area contributed by atoms with E-state index < -0.39 is 0 Å². The lowest BCUT2D eigenvalue weighted by Crippen LogP contribution is -2.19. The molecule has 1 aromatic heterocycles. The first kappa shape index (κ1) is 13.3. The molecule has 104 valence electrons. The van der Waals surface area contributed by atoms with Gasteiger partial charge in [0.25, 0.3) is 0 Å². The van der Waals surface area contributed by atoms with Gasteiger partial charge in [-0.05, 0) is 36.8 Å². The van der Waals surface area contributed by atoms with E-state index in [-0.39, 0.29) is 6.04 Å². The average molecular weight is 276 g/mol. The highest BCUT2D eigenvalue weighted by atomic mass is 15.0. The van der Waals surface area contributed by atoms with Gasteiger partial charge in [0.05, 0.1) is 28.7 Å². The number of nitrogens with one attached hydrogen (secondary N) is 2. The molecule has 0 aliphatic heterocycles. The van der Waals surface area contributed by atoms with E-state index in [0.717, 1.165) is 29.0 Å². The van der Waals surface area contributed by atoms with Gasteiger partial charge in [0.2, 0.25) is 0 Å². The molecule has 21 heavy (non-hydrogen) atoms. The summed E-state index contributed by atoms with van der Waals surface area (Å²) < 4.78 is 0. The molecule has 0 aliphatic rings. The van der Waals surface area contributed by atoms with Crippen molar-refractivity contribution in [3.8, 4) is 6.07 Å². The third-order valence-electron chi connectivity index (χ3n) is 3.51. The average Bonchev–Trinajstić information content (AvgIpc) is 2.97. The highest BCUT2D eigenvalue weighted by Gasteiger charge is 2.09. The van der Waals surface area contributed by atoms with Gasteiger partial charge in [0, 0.05) is 6.54 Å². The quantitative estimate of drug-likeness (QED) is 0.768. The van der Waals surface area contributed by atoms with Crippen LogP contribution in [0.15, 0.2) is 48.5 Å². The molecule has 1 atom stereocenters. The molecule has 0 saturated heterocycles. The number of nitrogens with zero attached hydrogens (tertiary/aromatic N) is 2. The number of rotatable bonds is 4. The molecule has 0 aliphatic carbocycles. The maximum Gasteiger partial charge on any atom is 0.124 e. The SMILES string of the molecule is CC(NCc1ccc(C#N)cc1)c1nc2ccccc2[nH]1. The van der Waals surface area contributed by atoms with Crippen molar-refractivity contribution in [2.45, 2.75) is 19.5 Å². The summed E-state index contributed by atoms with van der Waals surface area (Å²) in [5.41, 5.74) is 3.88. The number of para-hydroxylation sites is 2. The Kier molecular flexibility index (Phi) is 3.67. The second-order valence-corrected chi connectivity index (χ2v) is 5.05. The smallest absolute Gasteiger partial charge is 0.124 e. The van der Waals surface area contributed by atoms with Crippen molar-refractivity contribution >= 4 is 11.0 Å². The highest BCUT2D eigenvalue weighted by molar-refractivity contribution is 5.74. The Hall–Kier alpha value is -2.64. The van der Waals surface area contributed by atoms with Gasteiger partial charge in [0.1, 0.15) is 5.82 Å². The van der Waals surface area contributed by atoms with Crippen molar-refractivity contribution in [2.75, 3.05) is 0 Å². The van der Waals surface area contributed by atoms with Crippen molar-refractivity contribution in [2.24, 2.45) is 0 Å². The predicted octanol–water partition coefficient (Wildman–Crippen LogP) is 3.29. The van der Waals surface area contributed by atoms with Crippen LogP contribution in [0.1, 0.15) is 29.9 Å². The molecule has 0 saturated carbocycles. The van der Waals surface area contributed by atoms with Crippen molar-refractivity contribution in [3.05, 3.63) is 65.5 Å². The van der Waals surface area contributed by atoms with Crippen molar-refractivity contribution in [3.63, 3.8) is 0 Å². The fourth-order valence-electron chi connectivity index (χ4n) is 2.24. The molecule has 1 heterocycles. The standard InChI is InChI=1S/C17H16N4/c1-12(17-20-15-4-2-3-5-16(15)21-17)19-11-14-8-6-13(10-18)7-9-14/h2-9,12,19H,11H2,1H3,(H,20,21). The zero-order valence-corrected chi connectivity index (χ0v) is 11.8. The van der Waals surface area contributed by atoms with E-state index in [2.05, 4.69) is 28.3 Å². The Labute approximate surface area is 123 Å². The molecule has 0 amide bonds. The Bertz CT molecular complexity index is 747. The molecule has 0 radical (unpaired) electrons. The maximum atomic E-state index is 8.79. The molecule has 0 spiro atoms. The van der Waals surface area contributed by atoms with Crippen molar-refractivity contribution < 1.29 is 0 Å². The first-order chi connectivity index (χ1) is 10.3. The van der Waals surface area contributed by atoms with E-state index in [0.29, 0.717) is 5.56 Å². The Morgan fingerprint density at radius 2 is 1.95 bits per heavy atom. The molecule has 4 nitrogen and oxygen atoms in total. The molecule has 0 fully saturated rings. The number of fused-ring (bicyclic) bond motifs is 1. The molecule has 4 heteroatoms. The summed E-state index contributed by atoms with van der Waals surface area (Å²) in [5, 5.41) is 12.2. The van der Waals surface area contributed by atoms with Crippen LogP contribution in [0.3, 0.4) is 0 Å². The molecule has 3 rings (SSSR count). The monoisotopic (exact) mass is 276 g/mol. The zero-order chi connectivity index (χ0) is 14.7. The van der Waals surface area contributed by atoms with Gasteiger partial charge in [-0.15, -0.1) is 0 Å². The van der Waals surface area contributed by atoms with Crippen molar-refractivity contribution in [1.82, 2.24) is 15.3 Å². The van der Waals surface area contributed by atoms with Crippen LogP contribution in [-0.4, -0.2) is 9.97 Å². The maximum absolute atomic E-state index is 8.79. The van der Waals surface area contributed by atoms with Crippen LogP contribution >= 0.6 is 0 Å². The van der Waals surface area contributed by atoms with E-state index in [4.69, 9.17) is 5.26 Å². The molecule has 2 aromatic carbocycles. The van der Waals surface area contributed by atoms with Gasteiger partial charge in [-0.25, -0.2) is 4.98 Å². The minimum Gasteiger partial charge on any atom is -0.341 e. The summed E-state index contributed by atoms with van der Waals surface area (Å²) >= 11 is 0. The molecule has 2 N–H and O–H groups in total. The first-order valence-electron chi connectivity index (χ1n) is 6.93. The van der Waals surface area contributed by atoms with Crippen LogP contribution in [-0.2, 0) is 6.54 Å². The lowest BCUT2D eigenvalue weighted by atomic mass is 10.1. The lowest BCUT2D eigenvalue weighted by molar-refractivity contribution is 0.552. The van der Waals surface area contributed by atoms with E-state index in [9.17, 15) is 0 Å². The summed E-state index contributed by atoms with van der Waals surface area (Å²) in [5.74, 6) is 0.935. The number of aromatic amines is 1. The number of benzene rings is 2. The summed E-state index contributed by atoms with van der Waals surface area (Å²) in [6, 6.07) is 17.9. The van der Waals surface area contributed by atoms with Crippen molar-refractivity contribution in [1.29, 1.82) is 5.26 Å². The largest absolute Gasteiger partial charge is 0.341 e. The first-order valence-corrected chi connectivity index (χ1v) is 6.93. The molecular weight excluding hydrogens is 260 g/mol. The fraction of sp³-hybridized carbons (Fsp3) is 0.176. The van der Waals surface area contributed by atoms with Gasteiger partial charge in [-0.1, -0.05) is 24.3 Å². The predicted molar refractivity (Wildman–Crippen MR) is 82.5 cm³/mol. The second kappa shape index (κ2) is 5.78. The zero-order valence-electron chi connectivity index (χ0n) is 11.8. The van der Waals surface area contributed by atoms with Gasteiger partial charge < -0.3 is 10.3 Å². The number of hydrogen-bond donors (Lipinski definition) is 2. The van der Waals surface area contributed by atoms with E-state index in [1.807, 2.05) is 48.5 Å². The van der Waals surface area contributed by atoms with Crippen LogP contribution < -0.4 is 5.32 Å². The Morgan fingerprint density at radius 3 is 2.67 bits per heavy atom. The van der Waals surface area contributed by atoms with E-state index in [1.54, 1.807) is 0 Å². The Balaban J connectivity index is 1.68. The molecule has 1 unspecified atom stereocenters. The van der Waals surface area contributed by atoms with Gasteiger partial charge >= 0.3 is 0 Å². The van der Waals surface area contributed by atoms with Gasteiger partial charge in [0.15, 0.2) is 0 Å². The number of nitriles is 1. The number of H-pyrrole nitrogens is 1. The Morgan fingerprint density at radius 1 is 1.19 bits per heavy atom. The number of aromatic nitrogens is 2. The third kappa shape index (κ3) is 2.93. The highest BCUT2D eigenvalue weighted by Crippen LogP contribution is 2.16. The second-order valence-electron chi connectivity index (χ2n) is 5.05. The van der Waals surface area contributed by atoms with E-state index >= 15 is 0 Å². The lowest BCUT2D eigenvalue weighted by Gasteiger charge is -2.11. The summed E-state index contributed by atoms with van der Waals surface area (Å²) in [6.07, 6.45) is 0. The van der Waals surface area contributed by atoms with Gasteiger partial charge in [-0.2, -0.15) is 5.26 Å². The molecular formula is C17H16N4. The molecule has 0 bridgehead atoms. The van der Waals surface area contributed by atoms with Crippen LogP contribution in [0.5, 0.6) is 0 Å². The fourth-order valence-corrected chi connectivity index (χ4v) is 2.24. The van der Waals surface area contributed by atoms with Crippen LogP contribution in [0, 0.1) is 11.3 Å². The van der Waals surface area contributed by atoms with Gasteiger partial charge in [-0.3, -0.25) is 0 Å². The van der Waals surface area contributed by atoms with Crippen LogP contribution in [0.25, 0.3) is 11.0 Å². The van der Waals surface area contributed by atoms with E-state index in [1.165, 1.54) is 0 Å². The van der Waals surface area contributed by atoms with Crippen LogP contribution in [0.2, 0.25) is 0 Å². The third-order valence-corrected chi connectivity index (χ3v) is 3.51. The number of hydrogen-bond acceptors (Lipinski definition) is 3. The normalized spacial score (nSPS) is 12.2. The minimum atomic E-state index is 0.132. The minimum absolute atomic E-state index is 0.132. The number of imidazole rings is 1. The summed E-state index contributed by atoms with van der Waals surface area (Å²) in [4.78, 5) is 7.92. The van der Waals surface area contributed by atoms with Crippen LogP contribution in [0.4, 0.5) is 0 Å². The summed E-state index contributed by atoms with van der Waals surface area (Å²) in [7, 11) is 0. The summed E-state index contributed by atoms with van der Waals surface area (Å²) in [6.45, 7) is 2.82. The topological polar surface area (TPSA) is 64.5 Å². The molecule has 3 aromatic rings.